The van der Waals surface area contributed by atoms with Crippen LogP contribution >= 0.6 is 0 Å². The van der Waals surface area contributed by atoms with Crippen molar-refractivity contribution < 1.29 is 13.7 Å². The molecule has 1 spiro atoms. The molecular formula is C17H28N4O3S. The first kappa shape index (κ1) is 18.4. The fourth-order valence-electron chi connectivity index (χ4n) is 4.22. The first-order valence-corrected chi connectivity index (χ1v) is 10.7. The molecule has 2 saturated heterocycles. The summed E-state index contributed by atoms with van der Waals surface area (Å²) >= 11 is 0. The Hall–Kier alpha value is -1.41. The third-order valence-corrected chi connectivity index (χ3v) is 8.20. The highest BCUT2D eigenvalue weighted by atomic mass is 32.2. The molecule has 8 heteroatoms. The molecule has 140 valence electrons. The molecule has 0 radical (unpaired) electrons. The van der Waals surface area contributed by atoms with Crippen LogP contribution in [-0.4, -0.2) is 69.2 Å². The van der Waals surface area contributed by atoms with Crippen LogP contribution < -0.4 is 0 Å². The number of ether oxygens (including phenoxy) is 1. The third-order valence-electron chi connectivity index (χ3n) is 5.61. The summed E-state index contributed by atoms with van der Waals surface area (Å²) in [5.74, 6) is 1.18. The van der Waals surface area contributed by atoms with Crippen molar-refractivity contribution in [1.82, 2.24) is 14.7 Å². The molecule has 0 aliphatic carbocycles. The zero-order chi connectivity index (χ0) is 18.1. The van der Waals surface area contributed by atoms with Crippen molar-refractivity contribution in [3.63, 3.8) is 0 Å². The summed E-state index contributed by atoms with van der Waals surface area (Å²) in [6.45, 7) is 3.83. The van der Waals surface area contributed by atoms with E-state index >= 15 is 0 Å². The highest BCUT2D eigenvalue weighted by Crippen LogP contribution is 2.39. The second kappa shape index (κ2) is 7.07. The highest BCUT2D eigenvalue weighted by molar-refractivity contribution is 7.93. The lowest BCUT2D eigenvalue weighted by Crippen LogP contribution is -2.54. The van der Waals surface area contributed by atoms with Crippen LogP contribution in [-0.2, 0) is 21.0 Å². The maximum absolute atomic E-state index is 13.2. The third kappa shape index (κ3) is 3.33. The van der Waals surface area contributed by atoms with Crippen molar-refractivity contribution in [2.75, 3.05) is 38.8 Å². The van der Waals surface area contributed by atoms with Crippen LogP contribution in [0.15, 0.2) is 10.6 Å². The zero-order valence-corrected chi connectivity index (χ0v) is 16.2. The van der Waals surface area contributed by atoms with Crippen molar-refractivity contribution in [2.24, 2.45) is 4.36 Å². The van der Waals surface area contributed by atoms with E-state index in [0.29, 0.717) is 30.2 Å². The molecule has 0 saturated carbocycles. The SMILES string of the molecule is CN=S1(=O)CCCC2(CCCN2C(=O)c2cnn(CCOC)c2C)C1. The Morgan fingerprint density at radius 1 is 1.44 bits per heavy atom. The van der Waals surface area contributed by atoms with Gasteiger partial charge in [-0.3, -0.25) is 9.48 Å². The normalized spacial score (nSPS) is 29.3. The van der Waals surface area contributed by atoms with Gasteiger partial charge in [-0.2, -0.15) is 5.10 Å². The monoisotopic (exact) mass is 368 g/mol. The van der Waals surface area contributed by atoms with Gasteiger partial charge in [0.05, 0.1) is 36.2 Å². The van der Waals surface area contributed by atoms with Gasteiger partial charge in [-0.05, 0) is 32.6 Å². The average Bonchev–Trinajstić information content (AvgIpc) is 3.16. The summed E-state index contributed by atoms with van der Waals surface area (Å²) < 4.78 is 24.0. The molecule has 2 atom stereocenters. The Kier molecular flexibility index (Phi) is 5.20. The number of carbonyl (C=O) groups is 1. The van der Waals surface area contributed by atoms with Crippen LogP contribution in [0.4, 0.5) is 0 Å². The minimum atomic E-state index is -2.19. The number of likely N-dealkylation sites (tertiary alicyclic amines) is 1. The molecule has 3 heterocycles. The molecule has 3 rings (SSSR count). The van der Waals surface area contributed by atoms with Crippen molar-refractivity contribution >= 4 is 15.6 Å². The molecule has 1 aromatic rings. The van der Waals surface area contributed by atoms with Crippen LogP contribution in [0.25, 0.3) is 0 Å². The number of hydrogen-bond acceptors (Lipinski definition) is 5. The van der Waals surface area contributed by atoms with E-state index < -0.39 is 9.73 Å². The molecule has 2 aliphatic heterocycles. The van der Waals surface area contributed by atoms with Gasteiger partial charge in [0.2, 0.25) is 0 Å². The van der Waals surface area contributed by atoms with E-state index in [4.69, 9.17) is 4.74 Å². The number of nitrogens with zero attached hydrogens (tertiary/aromatic N) is 4. The smallest absolute Gasteiger partial charge is 0.257 e. The molecule has 1 aromatic heterocycles. The number of hydrogen-bond donors (Lipinski definition) is 0. The standard InChI is InChI=1S/C17H28N4O3S/c1-14-15(12-19-21(14)9-10-24-3)16(22)20-8-4-6-17(20)7-5-11-25(23,13-17)18-2/h12H,4-11,13H2,1-3H3. The first-order valence-electron chi connectivity index (χ1n) is 8.89. The van der Waals surface area contributed by atoms with Gasteiger partial charge in [-0.1, -0.05) is 0 Å². The van der Waals surface area contributed by atoms with Gasteiger partial charge >= 0.3 is 0 Å². The Bertz CT molecular complexity index is 766. The van der Waals surface area contributed by atoms with Crippen molar-refractivity contribution in [2.45, 2.75) is 44.7 Å². The van der Waals surface area contributed by atoms with Crippen LogP contribution in [0.2, 0.25) is 0 Å². The zero-order valence-electron chi connectivity index (χ0n) is 15.4. The lowest BCUT2D eigenvalue weighted by Gasteiger charge is -2.42. The Morgan fingerprint density at radius 2 is 2.20 bits per heavy atom. The molecule has 0 aromatic carbocycles. The van der Waals surface area contributed by atoms with Crippen LogP contribution in [0.1, 0.15) is 41.7 Å². The van der Waals surface area contributed by atoms with Gasteiger partial charge in [0.15, 0.2) is 0 Å². The summed E-state index contributed by atoms with van der Waals surface area (Å²) in [6, 6.07) is 0. The van der Waals surface area contributed by atoms with Gasteiger partial charge in [0.1, 0.15) is 0 Å². The minimum absolute atomic E-state index is 0.0124. The van der Waals surface area contributed by atoms with Gasteiger partial charge in [-0.15, -0.1) is 0 Å². The summed E-state index contributed by atoms with van der Waals surface area (Å²) in [5.41, 5.74) is 1.20. The fourth-order valence-corrected chi connectivity index (χ4v) is 6.55. The summed E-state index contributed by atoms with van der Waals surface area (Å²) in [5, 5.41) is 4.34. The lowest BCUT2D eigenvalue weighted by atomic mass is 9.92. The van der Waals surface area contributed by atoms with E-state index in [2.05, 4.69) is 9.46 Å². The Morgan fingerprint density at radius 3 is 2.92 bits per heavy atom. The van der Waals surface area contributed by atoms with Crippen molar-refractivity contribution in [3.8, 4) is 0 Å². The minimum Gasteiger partial charge on any atom is -0.383 e. The molecule has 25 heavy (non-hydrogen) atoms. The van der Waals surface area contributed by atoms with Gasteiger partial charge in [-0.25, -0.2) is 8.57 Å². The van der Waals surface area contributed by atoms with E-state index in [1.165, 1.54) is 0 Å². The molecule has 2 unspecified atom stereocenters. The molecule has 0 bridgehead atoms. The topological polar surface area (TPSA) is 76.8 Å². The summed E-state index contributed by atoms with van der Waals surface area (Å²) in [7, 11) is 1.10. The van der Waals surface area contributed by atoms with E-state index in [1.807, 2.05) is 16.5 Å². The maximum Gasteiger partial charge on any atom is 0.257 e. The number of methoxy groups -OCH3 is 1. The predicted octanol–water partition coefficient (Wildman–Crippen LogP) is 1.70. The number of aromatic nitrogens is 2. The largest absolute Gasteiger partial charge is 0.383 e. The van der Waals surface area contributed by atoms with Crippen LogP contribution in [0, 0.1) is 6.92 Å². The maximum atomic E-state index is 13.2. The number of rotatable bonds is 4. The Labute approximate surface area is 149 Å². The lowest BCUT2D eigenvalue weighted by molar-refractivity contribution is 0.0608. The van der Waals surface area contributed by atoms with Crippen molar-refractivity contribution in [3.05, 3.63) is 17.5 Å². The van der Waals surface area contributed by atoms with Crippen molar-refractivity contribution in [1.29, 1.82) is 0 Å². The quantitative estimate of drug-likeness (QED) is 0.811. The van der Waals surface area contributed by atoms with Crippen LogP contribution in [0.3, 0.4) is 0 Å². The van der Waals surface area contributed by atoms with Gasteiger partial charge in [0, 0.05) is 41.9 Å². The molecule has 1 amide bonds. The first-order chi connectivity index (χ1) is 11.9. The molecular weight excluding hydrogens is 340 g/mol. The fraction of sp³-hybridized carbons (Fsp3) is 0.765. The molecule has 2 aliphatic rings. The Balaban J connectivity index is 1.87. The molecule has 2 fully saturated rings. The number of carbonyl (C=O) groups excluding carboxylic acids is 1. The highest BCUT2D eigenvalue weighted by Gasteiger charge is 2.48. The average molecular weight is 369 g/mol. The molecule has 0 N–H and O–H groups in total. The number of amides is 1. The van der Waals surface area contributed by atoms with E-state index in [1.54, 1.807) is 20.4 Å². The van der Waals surface area contributed by atoms with E-state index in [-0.39, 0.29) is 11.4 Å². The van der Waals surface area contributed by atoms with E-state index in [9.17, 15) is 9.00 Å². The molecule has 7 nitrogen and oxygen atoms in total. The van der Waals surface area contributed by atoms with Gasteiger partial charge < -0.3 is 9.64 Å². The summed E-state index contributed by atoms with van der Waals surface area (Å²) in [6.07, 6.45) is 5.32. The van der Waals surface area contributed by atoms with Gasteiger partial charge in [0.25, 0.3) is 5.91 Å². The summed E-state index contributed by atoms with van der Waals surface area (Å²) in [4.78, 5) is 15.2. The second-order valence-corrected chi connectivity index (χ2v) is 9.66. The van der Waals surface area contributed by atoms with Crippen LogP contribution in [0.5, 0.6) is 0 Å². The second-order valence-electron chi connectivity index (χ2n) is 7.05. The van der Waals surface area contributed by atoms with E-state index in [0.717, 1.165) is 37.9 Å². The predicted molar refractivity (Wildman–Crippen MR) is 97.3 cm³/mol.